The average molecular weight is 541 g/mol. The number of methoxy groups -OCH3 is 1. The molecule has 9 nitrogen and oxygen atoms in total. The van der Waals surface area contributed by atoms with Gasteiger partial charge in [-0.2, -0.15) is 0 Å². The zero-order valence-electron chi connectivity index (χ0n) is 23.1. The normalized spacial score (nSPS) is 14.9. The highest BCUT2D eigenvalue weighted by Crippen LogP contribution is 2.40. The van der Waals surface area contributed by atoms with Crippen molar-refractivity contribution in [3.63, 3.8) is 0 Å². The van der Waals surface area contributed by atoms with Gasteiger partial charge in [-0.25, -0.2) is 0 Å². The van der Waals surface area contributed by atoms with E-state index >= 15 is 0 Å². The Hall–Kier alpha value is -4.37. The van der Waals surface area contributed by atoms with Crippen molar-refractivity contribution in [3.05, 3.63) is 71.7 Å². The Labute approximate surface area is 233 Å². The highest BCUT2D eigenvalue weighted by atomic mass is 16.5. The van der Waals surface area contributed by atoms with Crippen molar-refractivity contribution in [2.24, 2.45) is 0 Å². The Morgan fingerprint density at radius 2 is 1.65 bits per heavy atom. The second kappa shape index (κ2) is 10.7. The highest BCUT2D eigenvalue weighted by Gasteiger charge is 2.27. The number of amides is 1. The molecule has 4 aromatic rings. The number of nitrogens with zero attached hydrogens (tertiary/aromatic N) is 3. The van der Waals surface area contributed by atoms with E-state index in [4.69, 9.17) is 18.9 Å². The Morgan fingerprint density at radius 3 is 2.33 bits per heavy atom. The maximum atomic E-state index is 13.4. The molecule has 206 valence electrons. The van der Waals surface area contributed by atoms with Gasteiger partial charge in [0.2, 0.25) is 0 Å². The van der Waals surface area contributed by atoms with Gasteiger partial charge in [-0.15, -0.1) is 0 Å². The molecule has 2 aromatic carbocycles. The highest BCUT2D eigenvalue weighted by molar-refractivity contribution is 6.07. The predicted octanol–water partition coefficient (Wildman–Crippen LogP) is 5.22. The maximum Gasteiger partial charge on any atom is 0.263 e. The number of pyridine rings is 2. The lowest BCUT2D eigenvalue weighted by molar-refractivity contribution is 0.0988. The van der Waals surface area contributed by atoms with E-state index in [1.165, 1.54) is 0 Å². The number of carbonyl (C=O) groups is 1. The fourth-order valence-corrected chi connectivity index (χ4v) is 4.69. The van der Waals surface area contributed by atoms with Gasteiger partial charge in [-0.05, 0) is 68.1 Å². The standard InChI is InChI=1S/C31H32N4O5/c1-18-11-20(35(3)31(36)24-17-32-9-7-27(24)38-21-5-6-21)12-19(2)30(18)40-26-8-10-34-25-14-29(39-22-15-33-16-22)28(37-4)13-23(25)26/h7-14,17,21-22,33H,5-6,15-16H2,1-4H3. The van der Waals surface area contributed by atoms with Crippen molar-refractivity contribution in [1.82, 2.24) is 15.3 Å². The summed E-state index contributed by atoms with van der Waals surface area (Å²) in [6.45, 7) is 5.56. The number of carbonyl (C=O) groups excluding carboxylic acids is 1. The number of aromatic nitrogens is 2. The van der Waals surface area contributed by atoms with Gasteiger partial charge in [-0.3, -0.25) is 14.8 Å². The molecule has 1 saturated carbocycles. The largest absolute Gasteiger partial charge is 0.493 e. The molecule has 1 aliphatic carbocycles. The number of hydrogen-bond acceptors (Lipinski definition) is 8. The van der Waals surface area contributed by atoms with E-state index in [-0.39, 0.29) is 18.1 Å². The van der Waals surface area contributed by atoms with Gasteiger partial charge in [0.1, 0.15) is 28.9 Å². The molecule has 9 heteroatoms. The lowest BCUT2D eigenvalue weighted by Gasteiger charge is -2.28. The predicted molar refractivity (Wildman–Crippen MR) is 152 cm³/mol. The van der Waals surface area contributed by atoms with Gasteiger partial charge in [0.05, 0.1) is 18.7 Å². The number of fused-ring (bicyclic) bond motifs is 1. The third-order valence-electron chi connectivity index (χ3n) is 7.20. The van der Waals surface area contributed by atoms with Crippen LogP contribution in [0, 0.1) is 13.8 Å². The molecule has 40 heavy (non-hydrogen) atoms. The van der Waals surface area contributed by atoms with Crippen LogP contribution >= 0.6 is 0 Å². The van der Waals surface area contributed by atoms with Crippen molar-refractivity contribution in [2.45, 2.75) is 38.9 Å². The van der Waals surface area contributed by atoms with Crippen LogP contribution in [-0.4, -0.2) is 55.3 Å². The van der Waals surface area contributed by atoms with E-state index < -0.39 is 0 Å². The second-order valence-electron chi connectivity index (χ2n) is 10.3. The molecule has 0 atom stereocenters. The molecule has 6 rings (SSSR count). The summed E-state index contributed by atoms with van der Waals surface area (Å²) in [5.41, 5.74) is 3.73. The lowest BCUT2D eigenvalue weighted by atomic mass is 10.1. The lowest BCUT2D eigenvalue weighted by Crippen LogP contribution is -2.50. The first-order valence-electron chi connectivity index (χ1n) is 13.4. The summed E-state index contributed by atoms with van der Waals surface area (Å²) < 4.78 is 24.1. The van der Waals surface area contributed by atoms with Gasteiger partial charge < -0.3 is 29.2 Å². The molecule has 0 unspecified atom stereocenters. The minimum atomic E-state index is -0.181. The molecule has 1 amide bonds. The molecule has 0 spiro atoms. The quantitative estimate of drug-likeness (QED) is 0.309. The molecular weight excluding hydrogens is 508 g/mol. The SMILES string of the molecule is COc1cc2c(Oc3c(C)cc(N(C)C(=O)c4cnccc4OC4CC4)cc3C)ccnc2cc1OC1CNC1. The Kier molecular flexibility index (Phi) is 6.89. The molecule has 2 fully saturated rings. The van der Waals surface area contributed by atoms with Crippen LogP contribution in [0.1, 0.15) is 34.3 Å². The zero-order chi connectivity index (χ0) is 27.8. The first-order valence-corrected chi connectivity index (χ1v) is 13.4. The molecule has 2 aromatic heterocycles. The van der Waals surface area contributed by atoms with E-state index in [2.05, 4.69) is 15.3 Å². The van der Waals surface area contributed by atoms with Gasteiger partial charge in [0.15, 0.2) is 11.5 Å². The van der Waals surface area contributed by atoms with Crippen LogP contribution in [0.5, 0.6) is 28.7 Å². The molecular formula is C31H32N4O5. The van der Waals surface area contributed by atoms with E-state index in [9.17, 15) is 4.79 Å². The fourth-order valence-electron chi connectivity index (χ4n) is 4.69. The number of ether oxygens (including phenoxy) is 4. The number of aryl methyl sites for hydroxylation is 2. The summed E-state index contributed by atoms with van der Waals surface area (Å²) in [5, 5.41) is 4.02. The van der Waals surface area contributed by atoms with Crippen LogP contribution < -0.4 is 29.2 Å². The third-order valence-corrected chi connectivity index (χ3v) is 7.20. The summed E-state index contributed by atoms with van der Waals surface area (Å²) >= 11 is 0. The molecule has 1 saturated heterocycles. The smallest absolute Gasteiger partial charge is 0.263 e. The van der Waals surface area contributed by atoms with E-state index in [0.717, 1.165) is 59.4 Å². The van der Waals surface area contributed by atoms with Crippen molar-refractivity contribution >= 4 is 22.5 Å². The van der Waals surface area contributed by atoms with Crippen molar-refractivity contribution in [2.75, 3.05) is 32.1 Å². The second-order valence-corrected chi connectivity index (χ2v) is 10.3. The average Bonchev–Trinajstić information content (AvgIpc) is 3.75. The molecule has 0 radical (unpaired) electrons. The van der Waals surface area contributed by atoms with E-state index in [0.29, 0.717) is 28.6 Å². The molecule has 1 aliphatic heterocycles. The van der Waals surface area contributed by atoms with Gasteiger partial charge in [-0.1, -0.05) is 0 Å². The summed E-state index contributed by atoms with van der Waals surface area (Å²) in [7, 11) is 3.38. The van der Waals surface area contributed by atoms with Gasteiger partial charge >= 0.3 is 0 Å². The summed E-state index contributed by atoms with van der Waals surface area (Å²) in [6.07, 6.45) is 7.26. The Bertz CT molecular complexity index is 1560. The van der Waals surface area contributed by atoms with Crippen molar-refractivity contribution in [3.8, 4) is 28.7 Å². The first kappa shape index (κ1) is 25.9. The van der Waals surface area contributed by atoms with Crippen LogP contribution in [0.15, 0.2) is 55.0 Å². The minimum Gasteiger partial charge on any atom is -0.493 e. The summed E-state index contributed by atoms with van der Waals surface area (Å²) in [6, 6.07) is 11.3. The maximum absolute atomic E-state index is 13.4. The van der Waals surface area contributed by atoms with E-state index in [1.54, 1.807) is 43.7 Å². The Morgan fingerprint density at radius 1 is 0.925 bits per heavy atom. The zero-order valence-corrected chi connectivity index (χ0v) is 23.1. The number of nitrogens with one attached hydrogen (secondary N) is 1. The Balaban J connectivity index is 1.27. The van der Waals surface area contributed by atoms with Crippen LogP contribution in [-0.2, 0) is 0 Å². The number of benzene rings is 2. The number of hydrogen-bond donors (Lipinski definition) is 1. The van der Waals surface area contributed by atoms with Crippen molar-refractivity contribution < 1.29 is 23.7 Å². The molecule has 3 heterocycles. The molecule has 1 N–H and O–H groups in total. The third kappa shape index (κ3) is 5.12. The fraction of sp³-hybridized carbons (Fsp3) is 0.323. The summed E-state index contributed by atoms with van der Waals surface area (Å²) in [4.78, 5) is 23.7. The number of rotatable bonds is 9. The first-order chi connectivity index (χ1) is 19.4. The van der Waals surface area contributed by atoms with Crippen LogP contribution in [0.4, 0.5) is 5.69 Å². The van der Waals surface area contributed by atoms with Crippen molar-refractivity contribution in [1.29, 1.82) is 0 Å². The van der Waals surface area contributed by atoms with Crippen LogP contribution in [0.2, 0.25) is 0 Å². The number of anilines is 1. The van der Waals surface area contributed by atoms with Crippen LogP contribution in [0.3, 0.4) is 0 Å². The van der Waals surface area contributed by atoms with Gasteiger partial charge in [0, 0.05) is 55.9 Å². The molecule has 2 aliphatic rings. The van der Waals surface area contributed by atoms with Gasteiger partial charge in [0.25, 0.3) is 5.91 Å². The molecule has 0 bridgehead atoms. The van der Waals surface area contributed by atoms with E-state index in [1.807, 2.05) is 44.2 Å². The summed E-state index contributed by atoms with van der Waals surface area (Å²) in [5.74, 6) is 3.05. The minimum absolute atomic E-state index is 0.120. The monoisotopic (exact) mass is 540 g/mol. The topological polar surface area (TPSA) is 95.0 Å². The van der Waals surface area contributed by atoms with Crippen LogP contribution in [0.25, 0.3) is 10.9 Å².